The molecular weight excluding hydrogens is 268 g/mol. The molecule has 0 amide bonds. The number of epoxide rings is 1. The molecule has 1 saturated heterocycles. The maximum Gasteiger partial charge on any atom is 0.193 e. The lowest BCUT2D eigenvalue weighted by Gasteiger charge is -2.36. The summed E-state index contributed by atoms with van der Waals surface area (Å²) in [4.78, 5) is 0. The predicted octanol–water partition coefficient (Wildman–Crippen LogP) is 3.92. The lowest BCUT2D eigenvalue weighted by atomic mass is 10.0. The van der Waals surface area contributed by atoms with Gasteiger partial charge in [0, 0.05) is 20.6 Å². The molecule has 1 aliphatic rings. The summed E-state index contributed by atoms with van der Waals surface area (Å²) >= 11 is 0. The molecule has 0 radical (unpaired) electrons. The molecule has 0 aromatic heterocycles. The highest BCUT2D eigenvalue weighted by Gasteiger charge is 2.38. The summed E-state index contributed by atoms with van der Waals surface area (Å²) in [6.07, 6.45) is 10.1. The van der Waals surface area contributed by atoms with Crippen LogP contribution in [0.4, 0.5) is 0 Å². The Bertz CT molecular complexity index is 249. The van der Waals surface area contributed by atoms with E-state index >= 15 is 0 Å². The van der Waals surface area contributed by atoms with E-state index in [2.05, 4.69) is 6.92 Å². The van der Waals surface area contributed by atoms with E-state index in [-0.39, 0.29) is 12.2 Å². The molecule has 4 heteroatoms. The van der Waals surface area contributed by atoms with Crippen LogP contribution in [0, 0.1) is 0 Å². The van der Waals surface area contributed by atoms with Crippen LogP contribution in [0.5, 0.6) is 0 Å². The molecule has 0 saturated carbocycles. The number of methoxy groups -OCH3 is 2. The third-order valence-electron chi connectivity index (χ3n) is 4.37. The molecule has 4 nitrogen and oxygen atoms in total. The van der Waals surface area contributed by atoms with Gasteiger partial charge in [-0.1, -0.05) is 45.4 Å². The van der Waals surface area contributed by atoms with E-state index in [1.165, 1.54) is 38.5 Å². The van der Waals surface area contributed by atoms with Crippen molar-refractivity contribution in [3.8, 4) is 0 Å². The van der Waals surface area contributed by atoms with Crippen LogP contribution in [0.3, 0.4) is 0 Å². The Balaban J connectivity index is 2.22. The average molecular weight is 302 g/mol. The largest absolute Gasteiger partial charge is 0.371 e. The first-order chi connectivity index (χ1) is 10.2. The Morgan fingerprint density at radius 2 is 1.62 bits per heavy atom. The van der Waals surface area contributed by atoms with Crippen molar-refractivity contribution in [3.05, 3.63) is 0 Å². The van der Waals surface area contributed by atoms with Crippen molar-refractivity contribution in [2.24, 2.45) is 0 Å². The minimum absolute atomic E-state index is 0.0863. The van der Waals surface area contributed by atoms with Crippen molar-refractivity contribution in [3.63, 3.8) is 0 Å². The van der Waals surface area contributed by atoms with Gasteiger partial charge in [0.05, 0.1) is 13.2 Å². The summed E-state index contributed by atoms with van der Waals surface area (Å²) in [5, 5.41) is 0. The highest BCUT2D eigenvalue weighted by Crippen LogP contribution is 2.27. The molecule has 1 rings (SSSR count). The number of unbranched alkanes of at least 4 members (excludes halogenated alkanes) is 6. The summed E-state index contributed by atoms with van der Waals surface area (Å²) in [5.74, 6) is -0.627. The van der Waals surface area contributed by atoms with Crippen molar-refractivity contribution in [2.75, 3.05) is 27.4 Å². The van der Waals surface area contributed by atoms with Crippen LogP contribution in [-0.2, 0) is 18.9 Å². The number of hydrogen-bond donors (Lipinski definition) is 0. The van der Waals surface area contributed by atoms with Crippen molar-refractivity contribution in [1.82, 2.24) is 0 Å². The fourth-order valence-electron chi connectivity index (χ4n) is 2.69. The zero-order chi connectivity index (χ0) is 15.6. The molecule has 0 N–H and O–H groups in total. The fourth-order valence-corrected chi connectivity index (χ4v) is 2.69. The van der Waals surface area contributed by atoms with E-state index in [1.54, 1.807) is 14.2 Å². The maximum absolute atomic E-state index is 5.85. The summed E-state index contributed by atoms with van der Waals surface area (Å²) in [6, 6.07) is 0. The second-order valence-corrected chi connectivity index (χ2v) is 6.02. The first-order valence-corrected chi connectivity index (χ1v) is 8.52. The van der Waals surface area contributed by atoms with Crippen LogP contribution in [-0.4, -0.2) is 45.4 Å². The van der Waals surface area contributed by atoms with E-state index < -0.39 is 5.79 Å². The Morgan fingerprint density at radius 3 is 2.14 bits per heavy atom. The van der Waals surface area contributed by atoms with Gasteiger partial charge in [-0.05, 0) is 13.3 Å². The molecule has 0 bridgehead atoms. The normalized spacial score (nSPS) is 19.7. The van der Waals surface area contributed by atoms with E-state index in [1.807, 2.05) is 6.92 Å². The molecule has 0 spiro atoms. The summed E-state index contributed by atoms with van der Waals surface area (Å²) in [7, 11) is 3.41. The van der Waals surface area contributed by atoms with E-state index in [0.717, 1.165) is 19.4 Å². The molecule has 1 heterocycles. The van der Waals surface area contributed by atoms with Crippen LogP contribution in [0.1, 0.15) is 65.2 Å². The van der Waals surface area contributed by atoms with E-state index in [9.17, 15) is 0 Å². The molecule has 126 valence electrons. The van der Waals surface area contributed by atoms with Gasteiger partial charge in [0.2, 0.25) is 0 Å². The van der Waals surface area contributed by atoms with Gasteiger partial charge < -0.3 is 18.9 Å². The maximum atomic E-state index is 5.85. The molecule has 0 aromatic carbocycles. The first kappa shape index (κ1) is 18.9. The highest BCUT2D eigenvalue weighted by atomic mass is 16.7. The van der Waals surface area contributed by atoms with Gasteiger partial charge >= 0.3 is 0 Å². The minimum atomic E-state index is -0.627. The van der Waals surface area contributed by atoms with Gasteiger partial charge in [0.1, 0.15) is 12.2 Å². The van der Waals surface area contributed by atoms with Gasteiger partial charge in [-0.3, -0.25) is 0 Å². The molecule has 0 aromatic rings. The van der Waals surface area contributed by atoms with Gasteiger partial charge in [-0.15, -0.1) is 0 Å². The monoisotopic (exact) mass is 302 g/mol. The quantitative estimate of drug-likeness (QED) is 0.277. The summed E-state index contributed by atoms with van der Waals surface area (Å²) < 4.78 is 22.3. The zero-order valence-electron chi connectivity index (χ0n) is 14.4. The Kier molecular flexibility index (Phi) is 9.49. The second-order valence-electron chi connectivity index (χ2n) is 6.02. The highest BCUT2D eigenvalue weighted by molar-refractivity contribution is 4.79. The topological polar surface area (TPSA) is 40.2 Å². The molecule has 2 unspecified atom stereocenters. The van der Waals surface area contributed by atoms with Crippen LogP contribution >= 0.6 is 0 Å². The Labute approximate surface area is 130 Å². The average Bonchev–Trinajstić information content (AvgIpc) is 3.32. The molecule has 1 fully saturated rings. The van der Waals surface area contributed by atoms with Crippen molar-refractivity contribution in [1.29, 1.82) is 0 Å². The number of ether oxygens (including phenoxy) is 4. The molecule has 0 aliphatic carbocycles. The molecule has 1 aliphatic heterocycles. The minimum Gasteiger partial charge on any atom is -0.371 e. The van der Waals surface area contributed by atoms with Crippen molar-refractivity contribution >= 4 is 0 Å². The van der Waals surface area contributed by atoms with Crippen molar-refractivity contribution in [2.45, 2.75) is 83.2 Å². The lowest BCUT2D eigenvalue weighted by molar-refractivity contribution is -0.269. The summed E-state index contributed by atoms with van der Waals surface area (Å²) in [5.41, 5.74) is 0. The van der Waals surface area contributed by atoms with Crippen LogP contribution in [0.15, 0.2) is 0 Å². The fraction of sp³-hybridized carbons (Fsp3) is 1.00. The first-order valence-electron chi connectivity index (χ1n) is 8.52. The zero-order valence-corrected chi connectivity index (χ0v) is 14.4. The smallest absolute Gasteiger partial charge is 0.193 e. The van der Waals surface area contributed by atoms with Gasteiger partial charge in [-0.25, -0.2) is 0 Å². The third kappa shape index (κ3) is 7.09. The lowest BCUT2D eigenvalue weighted by Crippen LogP contribution is -2.46. The predicted molar refractivity (Wildman–Crippen MR) is 84.5 cm³/mol. The standard InChI is InChI=1S/C17H34O4/c1-5-6-7-8-9-10-11-12-17(18-3,19-4)15(2)20-13-16-14-21-16/h15-16H,5-14H2,1-4H3. The van der Waals surface area contributed by atoms with Crippen LogP contribution in [0.2, 0.25) is 0 Å². The van der Waals surface area contributed by atoms with E-state index in [0.29, 0.717) is 6.61 Å². The SMILES string of the molecule is CCCCCCCCCC(OC)(OC)C(C)OCC1CO1. The molecule has 21 heavy (non-hydrogen) atoms. The Morgan fingerprint density at radius 1 is 1.05 bits per heavy atom. The third-order valence-corrected chi connectivity index (χ3v) is 4.37. The van der Waals surface area contributed by atoms with E-state index in [4.69, 9.17) is 18.9 Å². The van der Waals surface area contributed by atoms with Crippen molar-refractivity contribution < 1.29 is 18.9 Å². The second kappa shape index (κ2) is 10.5. The molecule has 2 atom stereocenters. The number of hydrogen-bond acceptors (Lipinski definition) is 4. The van der Waals surface area contributed by atoms with Gasteiger partial charge in [0.15, 0.2) is 5.79 Å². The van der Waals surface area contributed by atoms with Gasteiger partial charge in [0.25, 0.3) is 0 Å². The van der Waals surface area contributed by atoms with Crippen LogP contribution in [0.25, 0.3) is 0 Å². The summed E-state index contributed by atoms with van der Waals surface area (Å²) in [6.45, 7) is 5.72. The van der Waals surface area contributed by atoms with Crippen LogP contribution < -0.4 is 0 Å². The van der Waals surface area contributed by atoms with Gasteiger partial charge in [-0.2, -0.15) is 0 Å². The molecular formula is C17H34O4. The number of rotatable bonds is 14. The Hall–Kier alpha value is -0.160.